The lowest BCUT2D eigenvalue weighted by Gasteiger charge is -2.27. The van der Waals surface area contributed by atoms with Gasteiger partial charge in [0.05, 0.1) is 6.61 Å². The molecule has 0 aromatic carbocycles. The largest absolute Gasteiger partial charge is 0.413 e. The van der Waals surface area contributed by atoms with Gasteiger partial charge in [-0.3, -0.25) is 0 Å². The summed E-state index contributed by atoms with van der Waals surface area (Å²) in [6, 6.07) is 3.62. The molecule has 68 valence electrons. The molecular weight excluding hydrogens is 163 g/mol. The van der Waals surface area contributed by atoms with E-state index < -0.39 is 8.32 Å². The minimum absolute atomic E-state index is 0.693. The molecule has 12 heavy (non-hydrogen) atoms. The van der Waals surface area contributed by atoms with Crippen molar-refractivity contribution in [3.63, 3.8) is 0 Å². The second-order valence-corrected chi connectivity index (χ2v) is 7.76. The normalized spacial score (nSPS) is 12.6. The first-order valence-corrected chi connectivity index (χ1v) is 7.28. The van der Waals surface area contributed by atoms with Crippen LogP contribution in [-0.4, -0.2) is 22.8 Å². The highest BCUT2D eigenvalue weighted by atomic mass is 28.4. The van der Waals surface area contributed by atoms with Gasteiger partial charge < -0.3 is 4.43 Å². The van der Waals surface area contributed by atoms with E-state index >= 15 is 0 Å². The van der Waals surface area contributed by atoms with Gasteiger partial charge in [0.25, 0.3) is 0 Å². The minimum atomic E-state index is -1.36. The van der Waals surface area contributed by atoms with Gasteiger partial charge in [0.2, 0.25) is 0 Å². The number of hydrogen-bond acceptors (Lipinski definition) is 1. The van der Waals surface area contributed by atoms with Gasteiger partial charge in [-0.15, -0.1) is 5.98 Å². The van der Waals surface area contributed by atoms with Crippen LogP contribution in [-0.2, 0) is 4.43 Å². The summed E-state index contributed by atoms with van der Waals surface area (Å²) in [6.07, 6.45) is 1.88. The summed E-state index contributed by atoms with van der Waals surface area (Å²) in [6.45, 7) is 7.38. The molecule has 0 bridgehead atoms. The zero-order valence-electron chi connectivity index (χ0n) is 8.47. The molecular formula is C9H19BOSi. The van der Waals surface area contributed by atoms with Crippen molar-refractivity contribution in [3.8, 4) is 0 Å². The summed E-state index contributed by atoms with van der Waals surface area (Å²) in [5.41, 5.74) is 0. The Morgan fingerprint density at radius 1 is 1.17 bits per heavy atom. The summed E-state index contributed by atoms with van der Waals surface area (Å²) in [7, 11) is 3.88. The first kappa shape index (κ1) is 12.0. The van der Waals surface area contributed by atoms with E-state index in [4.69, 9.17) is 12.3 Å². The highest BCUT2D eigenvalue weighted by molar-refractivity contribution is 6.73. The van der Waals surface area contributed by atoms with E-state index in [1.807, 2.05) is 6.08 Å². The lowest BCUT2D eigenvalue weighted by Crippen LogP contribution is -2.35. The quantitative estimate of drug-likeness (QED) is 0.574. The Kier molecular flexibility index (Phi) is 6.48. The fourth-order valence-electron chi connectivity index (χ4n) is 1.34. The molecule has 2 radical (unpaired) electrons. The SMILES string of the molecule is [B]/C=C/CO[Si](CC)(CC)CC. The summed E-state index contributed by atoms with van der Waals surface area (Å²) in [4.78, 5) is 0. The third-order valence-electron chi connectivity index (χ3n) is 2.55. The molecule has 0 aromatic rings. The van der Waals surface area contributed by atoms with Gasteiger partial charge in [-0.2, -0.15) is 0 Å². The van der Waals surface area contributed by atoms with E-state index in [9.17, 15) is 0 Å². The average Bonchev–Trinajstić information content (AvgIpc) is 2.14. The standard InChI is InChI=1S/C9H19BOSi/c1-4-12(5-2,6-3)11-9-7-8-10/h7-8H,4-6,9H2,1-3H3/b8-7+. The van der Waals surface area contributed by atoms with E-state index in [0.29, 0.717) is 6.61 Å². The van der Waals surface area contributed by atoms with Crippen molar-refractivity contribution in [2.24, 2.45) is 0 Å². The summed E-state index contributed by atoms with van der Waals surface area (Å²) >= 11 is 0. The molecule has 0 spiro atoms. The molecule has 0 fully saturated rings. The van der Waals surface area contributed by atoms with Crippen LogP contribution in [0.5, 0.6) is 0 Å². The highest BCUT2D eigenvalue weighted by Crippen LogP contribution is 2.21. The summed E-state index contributed by atoms with van der Waals surface area (Å²) < 4.78 is 5.89. The maximum atomic E-state index is 5.89. The predicted molar refractivity (Wildman–Crippen MR) is 58.0 cm³/mol. The third kappa shape index (κ3) is 3.59. The molecule has 3 heteroatoms. The minimum Gasteiger partial charge on any atom is -0.413 e. The first-order chi connectivity index (χ1) is 5.74. The van der Waals surface area contributed by atoms with Crippen molar-refractivity contribution in [2.45, 2.75) is 38.9 Å². The second-order valence-electron chi connectivity index (χ2n) is 2.98. The fourth-order valence-corrected chi connectivity index (χ4v) is 3.90. The molecule has 0 atom stereocenters. The van der Waals surface area contributed by atoms with E-state index in [0.717, 1.165) is 0 Å². The molecule has 1 nitrogen and oxygen atoms in total. The van der Waals surface area contributed by atoms with Crippen LogP contribution in [0.2, 0.25) is 18.1 Å². The predicted octanol–water partition coefficient (Wildman–Crippen LogP) is 2.69. The van der Waals surface area contributed by atoms with Gasteiger partial charge in [-0.1, -0.05) is 26.8 Å². The van der Waals surface area contributed by atoms with E-state index in [1.165, 1.54) is 18.1 Å². The van der Waals surface area contributed by atoms with Crippen LogP contribution in [0.4, 0.5) is 0 Å². The van der Waals surface area contributed by atoms with Crippen LogP contribution in [0.3, 0.4) is 0 Å². The topological polar surface area (TPSA) is 9.23 Å². The summed E-state index contributed by atoms with van der Waals surface area (Å²) in [5.74, 6) is 1.56. The number of rotatable bonds is 6. The molecule has 0 rings (SSSR count). The fraction of sp³-hybridized carbons (Fsp3) is 0.778. The molecule has 0 unspecified atom stereocenters. The van der Waals surface area contributed by atoms with E-state index in [1.54, 1.807) is 5.98 Å². The molecule has 0 aliphatic carbocycles. The molecule has 0 aliphatic heterocycles. The molecule has 0 amide bonds. The Morgan fingerprint density at radius 3 is 2.00 bits per heavy atom. The third-order valence-corrected chi connectivity index (χ3v) is 7.20. The summed E-state index contributed by atoms with van der Waals surface area (Å²) in [5, 5.41) is 0. The zero-order valence-corrected chi connectivity index (χ0v) is 9.47. The van der Waals surface area contributed by atoms with Crippen LogP contribution < -0.4 is 0 Å². The van der Waals surface area contributed by atoms with Crippen molar-refractivity contribution in [2.75, 3.05) is 6.61 Å². The van der Waals surface area contributed by atoms with E-state index in [2.05, 4.69) is 20.8 Å². The molecule has 0 aliphatic rings. The van der Waals surface area contributed by atoms with Gasteiger partial charge in [-0.05, 0) is 18.1 Å². The smallest absolute Gasteiger partial charge is 0.192 e. The van der Waals surface area contributed by atoms with Crippen molar-refractivity contribution < 1.29 is 4.43 Å². The van der Waals surface area contributed by atoms with Crippen LogP contribution in [0.15, 0.2) is 12.1 Å². The Bertz CT molecular complexity index is 124. The van der Waals surface area contributed by atoms with Crippen molar-refractivity contribution in [1.29, 1.82) is 0 Å². The monoisotopic (exact) mass is 182 g/mol. The van der Waals surface area contributed by atoms with Gasteiger partial charge >= 0.3 is 0 Å². The average molecular weight is 182 g/mol. The van der Waals surface area contributed by atoms with Gasteiger partial charge in [0.15, 0.2) is 8.32 Å². The first-order valence-electron chi connectivity index (χ1n) is 4.75. The lowest BCUT2D eigenvalue weighted by atomic mass is 10.1. The Balaban J connectivity index is 3.92. The maximum absolute atomic E-state index is 5.89. The molecule has 0 aromatic heterocycles. The Morgan fingerprint density at radius 2 is 1.67 bits per heavy atom. The van der Waals surface area contributed by atoms with Crippen molar-refractivity contribution >= 4 is 16.2 Å². The molecule has 0 saturated heterocycles. The highest BCUT2D eigenvalue weighted by Gasteiger charge is 2.27. The molecule has 0 N–H and O–H groups in total. The Labute approximate surface area is 78.7 Å². The van der Waals surface area contributed by atoms with Crippen LogP contribution >= 0.6 is 0 Å². The van der Waals surface area contributed by atoms with E-state index in [-0.39, 0.29) is 0 Å². The van der Waals surface area contributed by atoms with Gasteiger partial charge in [0, 0.05) is 0 Å². The van der Waals surface area contributed by atoms with Crippen molar-refractivity contribution in [1.82, 2.24) is 0 Å². The van der Waals surface area contributed by atoms with Crippen LogP contribution in [0, 0.1) is 0 Å². The maximum Gasteiger partial charge on any atom is 0.192 e. The van der Waals surface area contributed by atoms with Gasteiger partial charge in [-0.25, -0.2) is 0 Å². The zero-order chi connectivity index (χ0) is 9.45. The Hall–Kier alpha value is -0.0182. The molecule has 0 heterocycles. The lowest BCUT2D eigenvalue weighted by molar-refractivity contribution is 0.343. The van der Waals surface area contributed by atoms with Crippen LogP contribution in [0.1, 0.15) is 20.8 Å². The van der Waals surface area contributed by atoms with Crippen molar-refractivity contribution in [3.05, 3.63) is 12.1 Å². The second kappa shape index (κ2) is 6.49. The number of hydrogen-bond donors (Lipinski definition) is 0. The molecule has 0 saturated carbocycles. The van der Waals surface area contributed by atoms with Gasteiger partial charge in [0.1, 0.15) is 7.85 Å². The van der Waals surface area contributed by atoms with Crippen LogP contribution in [0.25, 0.3) is 0 Å².